The number of carbonyl (C=O) groups excluding carboxylic acids is 1. The zero-order chi connectivity index (χ0) is 10.5. The average Bonchev–Trinajstić information content (AvgIpc) is 1.95. The minimum absolute atomic E-state index is 0.224. The van der Waals surface area contributed by atoms with Gasteiger partial charge in [0.25, 0.3) is 0 Å². The van der Waals surface area contributed by atoms with E-state index < -0.39 is 13.5 Å². The summed E-state index contributed by atoms with van der Waals surface area (Å²) in [4.78, 5) is 23.0. The molecule has 0 aliphatic rings. The quantitative estimate of drug-likeness (QED) is 0.230. The Labute approximate surface area is 74.6 Å². The van der Waals surface area contributed by atoms with Crippen molar-refractivity contribution in [2.45, 2.75) is 6.92 Å². The van der Waals surface area contributed by atoms with Gasteiger partial charge < -0.3 is 9.78 Å². The maximum Gasteiger partial charge on any atom is 0.363 e. The highest BCUT2D eigenvalue weighted by Crippen LogP contribution is 2.36. The lowest BCUT2D eigenvalue weighted by Crippen LogP contribution is -2.17. The molecule has 0 aliphatic carbocycles. The minimum atomic E-state index is -3.71. The second-order valence-electron chi connectivity index (χ2n) is 2.12. The monoisotopic (exact) mass is 211 g/mol. The summed E-state index contributed by atoms with van der Waals surface area (Å²) in [6.07, 6.45) is 1.56. The van der Waals surface area contributed by atoms with Crippen molar-refractivity contribution in [3.05, 3.63) is 12.5 Å². The highest BCUT2D eigenvalue weighted by atomic mass is 31.2. The van der Waals surface area contributed by atoms with Gasteiger partial charge in [-0.3, -0.25) is 14.6 Å². The molecule has 13 heavy (non-hydrogen) atoms. The Hall–Kier alpha value is -0.880. The zero-order valence-corrected chi connectivity index (χ0v) is 7.97. The highest BCUT2D eigenvalue weighted by molar-refractivity contribution is 7.51. The number of nitrogens with zero attached hydrogens (tertiary/aromatic N) is 1. The Balaban J connectivity index is 3.77. The van der Waals surface area contributed by atoms with Gasteiger partial charge in [0.2, 0.25) is 5.91 Å². The van der Waals surface area contributed by atoms with Gasteiger partial charge in [-0.1, -0.05) is 0 Å². The van der Waals surface area contributed by atoms with E-state index in [4.69, 9.17) is 10.1 Å². The summed E-state index contributed by atoms with van der Waals surface area (Å²) in [5, 5.41) is 8.91. The molecule has 76 valence electrons. The maximum atomic E-state index is 10.4. The van der Waals surface area contributed by atoms with Gasteiger partial charge in [-0.15, -0.1) is 4.67 Å². The molecule has 0 aromatic rings. The summed E-state index contributed by atoms with van der Waals surface area (Å²) in [6, 6.07) is 0. The molecule has 0 aromatic heterocycles. The van der Waals surface area contributed by atoms with Crippen molar-refractivity contribution >= 4 is 13.5 Å². The van der Waals surface area contributed by atoms with Crippen LogP contribution in [0.2, 0.25) is 0 Å². The molecule has 0 aliphatic heterocycles. The molecule has 0 spiro atoms. The van der Waals surface area contributed by atoms with Crippen molar-refractivity contribution in [1.82, 2.24) is 5.06 Å². The lowest BCUT2D eigenvalue weighted by molar-refractivity contribution is -0.164. The molecule has 0 heterocycles. The first-order chi connectivity index (χ1) is 5.83. The summed E-state index contributed by atoms with van der Waals surface area (Å²) in [7, 11) is -3.71. The number of hydroxylamine groups is 2. The van der Waals surface area contributed by atoms with E-state index in [0.717, 1.165) is 26.1 Å². The van der Waals surface area contributed by atoms with Gasteiger partial charge in [0.05, 0.1) is 6.20 Å². The van der Waals surface area contributed by atoms with Crippen molar-refractivity contribution in [2.75, 3.05) is 6.66 Å². The summed E-state index contributed by atoms with van der Waals surface area (Å²) in [5.74, 6) is -0.636. The van der Waals surface area contributed by atoms with E-state index in [0.29, 0.717) is 0 Å². The van der Waals surface area contributed by atoms with E-state index in [-0.39, 0.29) is 5.06 Å². The molecule has 2 N–H and O–H groups in total. The number of carbonyl (C=O) groups is 1. The lowest BCUT2D eigenvalue weighted by atomic mass is 10.7. The standard InChI is InChI=1S/C5H10NO6P/c1-5(7)6(8)3-4-11-12-13(2,9)10/h3-4,8H,1-2H3,(H,9,10). The van der Waals surface area contributed by atoms with Crippen LogP contribution in [0.1, 0.15) is 6.92 Å². The molecule has 0 bridgehead atoms. The summed E-state index contributed by atoms with van der Waals surface area (Å²) >= 11 is 0. The first-order valence-corrected chi connectivity index (χ1v) is 5.16. The number of hydrogen-bond acceptors (Lipinski definition) is 5. The van der Waals surface area contributed by atoms with Crippen LogP contribution in [0.25, 0.3) is 0 Å². The Morgan fingerprint density at radius 3 is 2.54 bits per heavy atom. The van der Waals surface area contributed by atoms with E-state index in [9.17, 15) is 9.36 Å². The predicted octanol–water partition coefficient (Wildman–Crippen LogP) is 0.459. The van der Waals surface area contributed by atoms with Gasteiger partial charge in [-0.25, -0.2) is 0 Å². The minimum Gasteiger partial charge on any atom is -0.335 e. The van der Waals surface area contributed by atoms with E-state index in [1.165, 1.54) is 0 Å². The van der Waals surface area contributed by atoms with Crippen LogP contribution in [0.4, 0.5) is 0 Å². The van der Waals surface area contributed by atoms with Gasteiger partial charge in [-0.2, -0.15) is 5.06 Å². The number of hydrogen-bond donors (Lipinski definition) is 2. The summed E-state index contributed by atoms with van der Waals surface area (Å²) < 4.78 is 14.4. The molecule has 1 unspecified atom stereocenters. The second kappa shape index (κ2) is 4.98. The van der Waals surface area contributed by atoms with Crippen LogP contribution in [0.3, 0.4) is 0 Å². The van der Waals surface area contributed by atoms with Gasteiger partial charge in [0.15, 0.2) is 0 Å². The SMILES string of the molecule is CC(=O)N(O)C=COOP(C)(=O)O. The third-order valence-electron chi connectivity index (χ3n) is 0.762. The average molecular weight is 211 g/mol. The molecule has 0 saturated heterocycles. The fourth-order valence-corrected chi connectivity index (χ4v) is 0.502. The third-order valence-corrected chi connectivity index (χ3v) is 1.12. The molecule has 7 nitrogen and oxygen atoms in total. The van der Waals surface area contributed by atoms with Crippen LogP contribution >= 0.6 is 7.60 Å². The molecule has 0 aromatic carbocycles. The Kier molecular flexibility index (Phi) is 4.64. The molecular formula is C5H10NO6P. The number of rotatable bonds is 4. The normalized spacial score (nSPS) is 15.4. The molecule has 1 amide bonds. The molecule has 1 atom stereocenters. The van der Waals surface area contributed by atoms with Gasteiger partial charge in [0, 0.05) is 13.6 Å². The zero-order valence-electron chi connectivity index (χ0n) is 7.08. The lowest BCUT2D eigenvalue weighted by Gasteiger charge is -2.05. The fraction of sp³-hybridized carbons (Fsp3) is 0.400. The van der Waals surface area contributed by atoms with Crippen LogP contribution in [0, 0.1) is 0 Å². The van der Waals surface area contributed by atoms with Crippen molar-refractivity contribution in [3.8, 4) is 0 Å². The Morgan fingerprint density at radius 1 is 1.62 bits per heavy atom. The Morgan fingerprint density at radius 2 is 2.15 bits per heavy atom. The van der Waals surface area contributed by atoms with E-state index in [1.807, 2.05) is 0 Å². The van der Waals surface area contributed by atoms with Crippen molar-refractivity contribution in [1.29, 1.82) is 0 Å². The van der Waals surface area contributed by atoms with Crippen LogP contribution < -0.4 is 0 Å². The molecule has 0 rings (SSSR count). The Bertz CT molecular complexity index is 245. The first-order valence-electron chi connectivity index (χ1n) is 3.13. The van der Waals surface area contributed by atoms with E-state index in [1.54, 1.807) is 0 Å². The second-order valence-corrected chi connectivity index (χ2v) is 3.88. The third kappa shape index (κ3) is 7.48. The molecule has 0 radical (unpaired) electrons. The van der Waals surface area contributed by atoms with Crippen molar-refractivity contribution in [2.24, 2.45) is 0 Å². The van der Waals surface area contributed by atoms with Crippen LogP contribution in [-0.2, 0) is 18.9 Å². The topological polar surface area (TPSA) is 96.3 Å². The largest absolute Gasteiger partial charge is 0.363 e. The van der Waals surface area contributed by atoms with E-state index in [2.05, 4.69) is 9.56 Å². The number of amides is 1. The smallest absolute Gasteiger partial charge is 0.335 e. The molecular weight excluding hydrogens is 201 g/mol. The molecule has 0 fully saturated rings. The molecule has 0 saturated carbocycles. The fourth-order valence-electron chi connectivity index (χ4n) is 0.292. The van der Waals surface area contributed by atoms with Gasteiger partial charge in [0.1, 0.15) is 6.26 Å². The van der Waals surface area contributed by atoms with Crippen molar-refractivity contribution < 1.29 is 29.0 Å². The van der Waals surface area contributed by atoms with Crippen LogP contribution in [-0.4, -0.2) is 27.7 Å². The van der Waals surface area contributed by atoms with E-state index >= 15 is 0 Å². The van der Waals surface area contributed by atoms with Crippen LogP contribution in [0.15, 0.2) is 12.5 Å². The van der Waals surface area contributed by atoms with Crippen LogP contribution in [0.5, 0.6) is 0 Å². The predicted molar refractivity (Wildman–Crippen MR) is 41.4 cm³/mol. The molecule has 8 heteroatoms. The highest BCUT2D eigenvalue weighted by Gasteiger charge is 2.10. The van der Waals surface area contributed by atoms with Crippen molar-refractivity contribution in [3.63, 3.8) is 0 Å². The summed E-state index contributed by atoms with van der Waals surface area (Å²) in [5.41, 5.74) is 0. The van der Waals surface area contributed by atoms with Gasteiger partial charge >= 0.3 is 7.60 Å². The first kappa shape index (κ1) is 12.1. The summed E-state index contributed by atoms with van der Waals surface area (Å²) in [6.45, 7) is 2.03. The maximum absolute atomic E-state index is 10.4. The van der Waals surface area contributed by atoms with Gasteiger partial charge in [-0.05, 0) is 0 Å².